The highest BCUT2D eigenvalue weighted by atomic mass is 35.5. The topological polar surface area (TPSA) is 63.9 Å². The molecule has 40 heavy (non-hydrogen) atoms. The maximum absolute atomic E-state index is 12.3. The van der Waals surface area contributed by atoms with Gasteiger partial charge in [0.15, 0.2) is 17.0 Å². The fraction of sp³-hybridized carbons (Fsp3) is 0.375. The van der Waals surface area contributed by atoms with Gasteiger partial charge in [-0.3, -0.25) is 9.36 Å². The van der Waals surface area contributed by atoms with E-state index in [4.69, 9.17) is 28.2 Å². The van der Waals surface area contributed by atoms with E-state index in [0.29, 0.717) is 17.3 Å². The average molecular weight is 583 g/mol. The van der Waals surface area contributed by atoms with Crippen molar-refractivity contribution >= 4 is 52.2 Å². The molecule has 1 saturated heterocycles. The number of ketones is 1. The Bertz CT molecular complexity index is 1320. The van der Waals surface area contributed by atoms with Crippen LogP contribution in [0.4, 0.5) is 5.82 Å². The van der Waals surface area contributed by atoms with Crippen LogP contribution in [0.3, 0.4) is 0 Å². The van der Waals surface area contributed by atoms with Gasteiger partial charge in [0.05, 0.1) is 5.02 Å². The monoisotopic (exact) mass is 581 g/mol. The van der Waals surface area contributed by atoms with Gasteiger partial charge in [0.2, 0.25) is 0 Å². The van der Waals surface area contributed by atoms with E-state index in [0.717, 1.165) is 60.7 Å². The zero-order valence-corrected chi connectivity index (χ0v) is 25.6. The number of anilines is 1. The zero-order chi connectivity index (χ0) is 29.5. The van der Waals surface area contributed by atoms with Crippen LogP contribution in [-0.4, -0.2) is 44.3 Å². The van der Waals surface area contributed by atoms with Crippen LogP contribution in [0, 0.1) is 5.41 Å². The molecule has 2 aromatic heterocycles. The maximum atomic E-state index is 12.3. The number of hydrogen-bond donors (Lipinski definition) is 0. The van der Waals surface area contributed by atoms with Gasteiger partial charge in [-0.05, 0) is 58.6 Å². The first kappa shape index (κ1) is 33.0. The molecule has 0 amide bonds. The van der Waals surface area contributed by atoms with Gasteiger partial charge in [0.1, 0.15) is 17.9 Å². The minimum atomic E-state index is -0.322. The van der Waals surface area contributed by atoms with Crippen molar-refractivity contribution in [2.45, 2.75) is 53.4 Å². The number of halogens is 2. The molecule has 3 heterocycles. The molecule has 0 atom stereocenters. The molecule has 0 N–H and O–H groups in total. The van der Waals surface area contributed by atoms with E-state index in [2.05, 4.69) is 34.9 Å². The Balaban J connectivity index is 0.000000543. The molecule has 214 valence electrons. The Hall–Kier alpha value is -3.22. The number of nitrogens with zero attached hydrogens (tertiary/aromatic N) is 5. The molecule has 0 aliphatic carbocycles. The molecule has 1 fully saturated rings. The summed E-state index contributed by atoms with van der Waals surface area (Å²) in [5.74, 6) is 2.38. The molecule has 0 bridgehead atoms. The SMILES string of the molecule is C/C=C\CCl.C=CCC.C=CCC1(C(C)=O)CCN(c2ncnc3c2nc(-c2ccccc2Cl)n3/C=C/C)CC1. The predicted molar refractivity (Wildman–Crippen MR) is 172 cm³/mol. The fourth-order valence-electron chi connectivity index (χ4n) is 4.46. The van der Waals surface area contributed by atoms with Gasteiger partial charge in [-0.2, -0.15) is 0 Å². The molecule has 0 spiro atoms. The first-order chi connectivity index (χ1) is 19.3. The van der Waals surface area contributed by atoms with Gasteiger partial charge >= 0.3 is 0 Å². The van der Waals surface area contributed by atoms with E-state index in [1.54, 1.807) is 13.3 Å². The molecule has 6 nitrogen and oxygen atoms in total. The molecular weight excluding hydrogens is 541 g/mol. The summed E-state index contributed by atoms with van der Waals surface area (Å²) in [7, 11) is 0. The fourth-order valence-corrected chi connectivity index (χ4v) is 4.86. The van der Waals surface area contributed by atoms with Crippen LogP contribution in [0.5, 0.6) is 0 Å². The van der Waals surface area contributed by atoms with Crippen molar-refractivity contribution in [3.05, 3.63) is 79.2 Å². The van der Waals surface area contributed by atoms with Crippen molar-refractivity contribution in [2.75, 3.05) is 23.9 Å². The molecule has 4 rings (SSSR count). The largest absolute Gasteiger partial charge is 0.355 e. The molecule has 0 saturated carbocycles. The van der Waals surface area contributed by atoms with Gasteiger partial charge in [0.25, 0.3) is 0 Å². The summed E-state index contributed by atoms with van der Waals surface area (Å²) in [5.41, 5.74) is 1.98. The summed E-state index contributed by atoms with van der Waals surface area (Å²) in [5, 5.41) is 0.631. The minimum Gasteiger partial charge on any atom is -0.355 e. The summed E-state index contributed by atoms with van der Waals surface area (Å²) in [6.07, 6.45) is 16.3. The summed E-state index contributed by atoms with van der Waals surface area (Å²) >= 11 is 11.7. The third kappa shape index (κ3) is 8.15. The first-order valence-electron chi connectivity index (χ1n) is 13.6. The lowest BCUT2D eigenvalue weighted by atomic mass is 9.73. The molecule has 1 aliphatic rings. The molecule has 0 unspecified atom stereocenters. The lowest BCUT2D eigenvalue weighted by Crippen LogP contribution is -2.43. The molecule has 0 radical (unpaired) electrons. The number of benzene rings is 1. The molecule has 1 aliphatic heterocycles. The van der Waals surface area contributed by atoms with Crippen LogP contribution >= 0.6 is 23.2 Å². The standard InChI is InChI=1S/C24H26ClN5O.C4H7Cl.C4H8/c1-4-10-24(17(3)31)11-14-29(15-12-24)22-20-23(27-16-26-22)30(13-5-2)21(28-20)18-8-6-7-9-19(18)25;1-2-3-4-5;1-3-4-2/h4-9,13,16H,1,10-12,14-15H2,2-3H3;2-3H,4H2,1H3;3H,1,4H2,2H3/b13-5+;3-2-;. The van der Waals surface area contributed by atoms with Crippen LogP contribution in [0.15, 0.2) is 74.1 Å². The number of allylic oxidation sites excluding steroid dienone is 5. The van der Waals surface area contributed by atoms with E-state index < -0.39 is 0 Å². The number of carbonyl (C=O) groups is 1. The Kier molecular flexibility index (Phi) is 13.8. The number of rotatable bonds is 8. The Morgan fingerprint density at radius 3 is 2.27 bits per heavy atom. The predicted octanol–water partition coefficient (Wildman–Crippen LogP) is 8.77. The van der Waals surface area contributed by atoms with Gasteiger partial charge in [0, 0.05) is 36.1 Å². The molecule has 3 aromatic rings. The summed E-state index contributed by atoms with van der Waals surface area (Å²) in [4.78, 5) is 28.6. The van der Waals surface area contributed by atoms with Gasteiger partial charge < -0.3 is 4.90 Å². The number of carbonyl (C=O) groups excluding carboxylic acids is 1. The normalized spacial score (nSPS) is 14.4. The van der Waals surface area contributed by atoms with Gasteiger partial charge in [-0.25, -0.2) is 15.0 Å². The number of hydrogen-bond acceptors (Lipinski definition) is 5. The third-order valence-electron chi connectivity index (χ3n) is 6.79. The maximum Gasteiger partial charge on any atom is 0.170 e. The first-order valence-corrected chi connectivity index (χ1v) is 14.5. The van der Waals surface area contributed by atoms with Crippen molar-refractivity contribution in [3.8, 4) is 11.4 Å². The molecule has 1 aromatic carbocycles. The second-order valence-corrected chi connectivity index (χ2v) is 10.1. The van der Waals surface area contributed by atoms with E-state index in [1.165, 1.54) is 0 Å². The zero-order valence-electron chi connectivity index (χ0n) is 24.1. The third-order valence-corrected chi connectivity index (χ3v) is 7.29. The minimum absolute atomic E-state index is 0.234. The Labute approximate surface area is 249 Å². The van der Waals surface area contributed by atoms with Crippen molar-refractivity contribution in [3.63, 3.8) is 0 Å². The number of aromatic nitrogens is 4. The molecule has 8 heteroatoms. The Morgan fingerprint density at radius 1 is 1.10 bits per heavy atom. The highest BCUT2D eigenvalue weighted by molar-refractivity contribution is 6.33. The van der Waals surface area contributed by atoms with Crippen molar-refractivity contribution < 1.29 is 4.79 Å². The van der Waals surface area contributed by atoms with E-state index >= 15 is 0 Å². The average Bonchev–Trinajstić information content (AvgIpc) is 3.33. The highest BCUT2D eigenvalue weighted by Crippen LogP contribution is 2.39. The lowest BCUT2D eigenvalue weighted by molar-refractivity contribution is -0.127. The number of alkyl halides is 1. The van der Waals surface area contributed by atoms with Gasteiger partial charge in [-0.1, -0.05) is 61.0 Å². The second-order valence-electron chi connectivity index (χ2n) is 9.37. The number of piperidine rings is 1. The van der Waals surface area contributed by atoms with Crippen LogP contribution in [0.1, 0.15) is 53.4 Å². The quantitative estimate of drug-likeness (QED) is 0.196. The number of imidazole rings is 1. The summed E-state index contributed by atoms with van der Waals surface area (Å²) in [6.45, 7) is 16.5. The van der Waals surface area contributed by atoms with E-state index in [1.807, 2.05) is 79.3 Å². The number of Topliss-reactive ketones (excluding diaryl/α,β-unsaturated/α-hetero) is 1. The van der Waals surface area contributed by atoms with Crippen LogP contribution in [0.25, 0.3) is 28.8 Å². The lowest BCUT2D eigenvalue weighted by Gasteiger charge is -2.40. The summed E-state index contributed by atoms with van der Waals surface area (Å²) in [6, 6.07) is 7.65. The highest BCUT2D eigenvalue weighted by Gasteiger charge is 2.38. The van der Waals surface area contributed by atoms with Crippen LogP contribution < -0.4 is 4.90 Å². The van der Waals surface area contributed by atoms with Crippen LogP contribution in [-0.2, 0) is 4.79 Å². The Morgan fingerprint density at radius 2 is 1.77 bits per heavy atom. The molecular formula is C32H41Cl2N5O. The van der Waals surface area contributed by atoms with Crippen molar-refractivity contribution in [1.29, 1.82) is 0 Å². The summed E-state index contributed by atoms with van der Waals surface area (Å²) < 4.78 is 1.95. The van der Waals surface area contributed by atoms with E-state index in [9.17, 15) is 4.79 Å². The van der Waals surface area contributed by atoms with E-state index in [-0.39, 0.29) is 11.2 Å². The van der Waals surface area contributed by atoms with Crippen molar-refractivity contribution in [1.82, 2.24) is 19.5 Å². The second kappa shape index (κ2) is 16.8. The number of fused-ring (bicyclic) bond motifs is 1. The smallest absolute Gasteiger partial charge is 0.170 e. The van der Waals surface area contributed by atoms with Crippen LogP contribution in [0.2, 0.25) is 5.02 Å². The van der Waals surface area contributed by atoms with Crippen molar-refractivity contribution in [2.24, 2.45) is 5.41 Å². The van der Waals surface area contributed by atoms with Gasteiger partial charge in [-0.15, -0.1) is 24.8 Å².